The Labute approximate surface area is 126 Å². The van der Waals surface area contributed by atoms with Crippen LogP contribution < -0.4 is 0 Å². The van der Waals surface area contributed by atoms with Crippen LogP contribution in [0.5, 0.6) is 0 Å². The van der Waals surface area contributed by atoms with Gasteiger partial charge < -0.3 is 4.42 Å². The fraction of sp³-hybridized carbons (Fsp3) is 0. The first kappa shape index (κ1) is 11.8. The van der Waals surface area contributed by atoms with Gasteiger partial charge in [-0.05, 0) is 18.2 Å². The maximum absolute atomic E-state index is 5.36. The molecule has 0 saturated carbocycles. The highest BCUT2D eigenvalue weighted by Gasteiger charge is 2.16. The lowest BCUT2D eigenvalue weighted by Crippen LogP contribution is -1.89. The van der Waals surface area contributed by atoms with Crippen molar-refractivity contribution in [3.8, 4) is 22.2 Å². The minimum Gasteiger partial charge on any atom is -0.461 e. The molecule has 5 nitrogen and oxygen atoms in total. The van der Waals surface area contributed by atoms with Crippen LogP contribution in [-0.2, 0) is 0 Å². The van der Waals surface area contributed by atoms with E-state index in [2.05, 4.69) is 31.2 Å². The summed E-state index contributed by atoms with van der Waals surface area (Å²) in [6.45, 7) is 0. The van der Waals surface area contributed by atoms with Crippen molar-refractivity contribution in [1.29, 1.82) is 0 Å². The van der Waals surface area contributed by atoms with Gasteiger partial charge in [0.05, 0.1) is 6.26 Å². The molecule has 0 amide bonds. The fourth-order valence-electron chi connectivity index (χ4n) is 1.92. The molecule has 7 heteroatoms. The molecule has 0 unspecified atom stereocenters. The van der Waals surface area contributed by atoms with Crippen molar-refractivity contribution in [2.45, 2.75) is 0 Å². The number of halogens is 1. The molecular weight excluding hydrogens is 340 g/mol. The molecule has 0 aliphatic rings. The molecule has 4 aromatic rings. The van der Waals surface area contributed by atoms with E-state index < -0.39 is 0 Å². The molecule has 3 aromatic heterocycles. The Morgan fingerprint density at radius 1 is 1.10 bits per heavy atom. The third-order valence-electron chi connectivity index (χ3n) is 2.84. The largest absolute Gasteiger partial charge is 0.461 e. The van der Waals surface area contributed by atoms with E-state index in [1.165, 1.54) is 11.3 Å². The van der Waals surface area contributed by atoms with Gasteiger partial charge in [-0.3, -0.25) is 0 Å². The van der Waals surface area contributed by atoms with Crippen molar-refractivity contribution in [3.05, 3.63) is 47.1 Å². The number of hydrogen-bond donors (Lipinski definition) is 0. The van der Waals surface area contributed by atoms with Crippen LogP contribution in [0, 0.1) is 0 Å². The predicted octanol–water partition coefficient (Wildman–Crippen LogP) is 3.88. The topological polar surface area (TPSA) is 56.2 Å². The molecule has 0 fully saturated rings. The maximum Gasteiger partial charge on any atom is 0.235 e. The molecule has 0 saturated heterocycles. The van der Waals surface area contributed by atoms with E-state index in [1.54, 1.807) is 10.8 Å². The van der Waals surface area contributed by atoms with Crippen LogP contribution in [0.25, 0.3) is 27.1 Å². The average molecular weight is 347 g/mol. The molecule has 20 heavy (non-hydrogen) atoms. The first-order chi connectivity index (χ1) is 9.83. The summed E-state index contributed by atoms with van der Waals surface area (Å²) in [6, 6.07) is 11.6. The molecule has 0 N–H and O–H groups in total. The van der Waals surface area contributed by atoms with Gasteiger partial charge in [-0.25, -0.2) is 0 Å². The molecule has 0 radical (unpaired) electrons. The number of furan rings is 1. The molecule has 0 spiro atoms. The van der Waals surface area contributed by atoms with Crippen LogP contribution in [-0.4, -0.2) is 19.8 Å². The van der Waals surface area contributed by atoms with Gasteiger partial charge in [0.1, 0.15) is 5.01 Å². The minimum absolute atomic E-state index is 0.611. The smallest absolute Gasteiger partial charge is 0.235 e. The van der Waals surface area contributed by atoms with Crippen molar-refractivity contribution in [3.63, 3.8) is 0 Å². The van der Waals surface area contributed by atoms with Gasteiger partial charge in [0, 0.05) is 10.0 Å². The summed E-state index contributed by atoms with van der Waals surface area (Å²) in [5.74, 6) is 1.26. The van der Waals surface area contributed by atoms with Gasteiger partial charge in [-0.1, -0.05) is 45.5 Å². The minimum atomic E-state index is 0.611. The van der Waals surface area contributed by atoms with Crippen molar-refractivity contribution in [2.24, 2.45) is 0 Å². The van der Waals surface area contributed by atoms with E-state index >= 15 is 0 Å². The molecular formula is C13H7BrN4OS. The van der Waals surface area contributed by atoms with Crippen molar-refractivity contribution in [2.75, 3.05) is 0 Å². The van der Waals surface area contributed by atoms with Crippen molar-refractivity contribution in [1.82, 2.24) is 19.8 Å². The summed E-state index contributed by atoms with van der Waals surface area (Å²) in [5, 5.41) is 13.7. The van der Waals surface area contributed by atoms with Gasteiger partial charge in [-0.15, -0.1) is 10.2 Å². The van der Waals surface area contributed by atoms with E-state index in [1.807, 2.05) is 36.4 Å². The standard InChI is InChI=1S/C13H7BrN4OS/c14-9-5-2-1-4-8(9)12-17-18-11(10-6-3-7-19-10)15-16-13(18)20-12/h1-7H. The monoisotopic (exact) mass is 346 g/mol. The number of aromatic nitrogens is 4. The number of rotatable bonds is 2. The van der Waals surface area contributed by atoms with E-state index in [9.17, 15) is 0 Å². The average Bonchev–Trinajstić information content (AvgIpc) is 3.14. The summed E-state index contributed by atoms with van der Waals surface area (Å²) >= 11 is 5.03. The highest BCUT2D eigenvalue weighted by Crippen LogP contribution is 2.32. The Hall–Kier alpha value is -1.99. The Balaban J connectivity index is 1.91. The Morgan fingerprint density at radius 3 is 2.80 bits per heavy atom. The maximum atomic E-state index is 5.36. The van der Waals surface area contributed by atoms with Gasteiger partial charge in [0.2, 0.25) is 10.8 Å². The summed E-state index contributed by atoms with van der Waals surface area (Å²) in [5.41, 5.74) is 1.04. The fourth-order valence-corrected chi connectivity index (χ4v) is 3.40. The molecule has 0 aliphatic heterocycles. The lowest BCUT2D eigenvalue weighted by Gasteiger charge is -1.97. The van der Waals surface area contributed by atoms with E-state index in [-0.39, 0.29) is 0 Å². The lowest BCUT2D eigenvalue weighted by molar-refractivity contribution is 0.575. The number of fused-ring (bicyclic) bond motifs is 1. The van der Waals surface area contributed by atoms with Crippen molar-refractivity contribution >= 4 is 32.2 Å². The van der Waals surface area contributed by atoms with Gasteiger partial charge in [0.25, 0.3) is 0 Å². The SMILES string of the molecule is Brc1ccccc1-c1nn2c(-c3ccco3)nnc2s1. The molecule has 4 rings (SSSR count). The quantitative estimate of drug-likeness (QED) is 0.552. The number of hydrogen-bond acceptors (Lipinski definition) is 5. The van der Waals surface area contributed by atoms with Crippen LogP contribution in [0.15, 0.2) is 51.6 Å². The highest BCUT2D eigenvalue weighted by atomic mass is 79.9. The molecule has 98 valence electrons. The highest BCUT2D eigenvalue weighted by molar-refractivity contribution is 9.10. The zero-order valence-electron chi connectivity index (χ0n) is 10.0. The Kier molecular flexibility index (Phi) is 2.68. The molecule has 1 aromatic carbocycles. The van der Waals surface area contributed by atoms with E-state index in [0.717, 1.165) is 20.0 Å². The lowest BCUT2D eigenvalue weighted by atomic mass is 10.2. The number of benzene rings is 1. The van der Waals surface area contributed by atoms with E-state index in [4.69, 9.17) is 4.42 Å². The normalized spacial score (nSPS) is 11.2. The van der Waals surface area contributed by atoms with Crippen LogP contribution >= 0.6 is 27.3 Å². The van der Waals surface area contributed by atoms with Crippen LogP contribution in [0.1, 0.15) is 0 Å². The zero-order valence-corrected chi connectivity index (χ0v) is 12.4. The Bertz CT molecular complexity index is 881. The summed E-state index contributed by atoms with van der Waals surface area (Å²) in [4.78, 5) is 0.738. The van der Waals surface area contributed by atoms with Gasteiger partial charge in [-0.2, -0.15) is 9.61 Å². The molecule has 0 bridgehead atoms. The summed E-state index contributed by atoms with van der Waals surface area (Å²) < 4.78 is 8.07. The second kappa shape index (κ2) is 4.53. The van der Waals surface area contributed by atoms with Crippen LogP contribution in [0.2, 0.25) is 0 Å². The summed E-state index contributed by atoms with van der Waals surface area (Å²) in [6.07, 6.45) is 1.61. The Morgan fingerprint density at radius 2 is 2.00 bits per heavy atom. The third-order valence-corrected chi connectivity index (χ3v) is 4.46. The second-order valence-corrected chi connectivity index (χ2v) is 5.89. The third kappa shape index (κ3) is 1.78. The van der Waals surface area contributed by atoms with Crippen LogP contribution in [0.4, 0.5) is 0 Å². The van der Waals surface area contributed by atoms with Gasteiger partial charge >= 0.3 is 0 Å². The first-order valence-corrected chi connectivity index (χ1v) is 7.45. The first-order valence-electron chi connectivity index (χ1n) is 5.84. The van der Waals surface area contributed by atoms with Gasteiger partial charge in [0.15, 0.2) is 5.76 Å². The molecule has 3 heterocycles. The second-order valence-electron chi connectivity index (χ2n) is 4.08. The van der Waals surface area contributed by atoms with Crippen molar-refractivity contribution < 1.29 is 4.42 Å². The molecule has 0 atom stereocenters. The predicted molar refractivity (Wildman–Crippen MR) is 79.5 cm³/mol. The van der Waals surface area contributed by atoms with E-state index in [0.29, 0.717) is 11.6 Å². The molecule has 0 aliphatic carbocycles. The number of nitrogens with zero attached hydrogens (tertiary/aromatic N) is 4. The van der Waals surface area contributed by atoms with Crippen LogP contribution in [0.3, 0.4) is 0 Å². The zero-order chi connectivity index (χ0) is 13.5. The summed E-state index contributed by atoms with van der Waals surface area (Å²) in [7, 11) is 0.